The SMILES string of the molecule is CN1CCN(C(=O)[C@H]2CCCN(C(=O)c3ccc(F)cc3)C2)c2nc3ccccc3nc21. The van der Waals surface area contributed by atoms with E-state index in [0.29, 0.717) is 49.8 Å². The Morgan fingerprint density at radius 2 is 1.62 bits per heavy atom. The number of likely N-dealkylation sites (tertiary alicyclic amines) is 1. The number of hydrogen-bond donors (Lipinski definition) is 0. The Morgan fingerprint density at radius 3 is 2.34 bits per heavy atom. The minimum atomic E-state index is -0.379. The molecule has 0 N–H and O–H groups in total. The molecule has 2 aromatic carbocycles. The summed E-state index contributed by atoms with van der Waals surface area (Å²) in [5.74, 6) is 0.378. The van der Waals surface area contributed by atoms with Gasteiger partial charge in [-0.2, -0.15) is 0 Å². The van der Waals surface area contributed by atoms with E-state index in [1.165, 1.54) is 24.3 Å². The van der Waals surface area contributed by atoms with E-state index in [9.17, 15) is 14.0 Å². The average Bonchev–Trinajstić information content (AvgIpc) is 2.83. The molecular weight excluding hydrogens is 409 g/mol. The summed E-state index contributed by atoms with van der Waals surface area (Å²) in [7, 11) is 1.95. The van der Waals surface area contributed by atoms with Crippen LogP contribution in [0.5, 0.6) is 0 Å². The third-order valence-electron chi connectivity index (χ3n) is 6.23. The van der Waals surface area contributed by atoms with Crippen molar-refractivity contribution in [2.75, 3.05) is 43.0 Å². The molecule has 0 spiro atoms. The van der Waals surface area contributed by atoms with Gasteiger partial charge in [-0.1, -0.05) is 12.1 Å². The van der Waals surface area contributed by atoms with Crippen LogP contribution in [0.25, 0.3) is 11.0 Å². The molecule has 2 aliphatic heterocycles. The van der Waals surface area contributed by atoms with E-state index < -0.39 is 0 Å². The molecule has 1 fully saturated rings. The highest BCUT2D eigenvalue weighted by Crippen LogP contribution is 2.32. The number of halogens is 1. The molecule has 0 unspecified atom stereocenters. The number of fused-ring (bicyclic) bond motifs is 2. The highest BCUT2D eigenvalue weighted by atomic mass is 19.1. The van der Waals surface area contributed by atoms with E-state index in [0.717, 1.165) is 17.5 Å². The molecule has 164 valence electrons. The van der Waals surface area contributed by atoms with Gasteiger partial charge in [0.15, 0.2) is 11.6 Å². The monoisotopic (exact) mass is 433 g/mol. The van der Waals surface area contributed by atoms with Crippen LogP contribution in [0.2, 0.25) is 0 Å². The van der Waals surface area contributed by atoms with Crippen molar-refractivity contribution in [2.24, 2.45) is 5.92 Å². The van der Waals surface area contributed by atoms with Crippen molar-refractivity contribution < 1.29 is 14.0 Å². The first-order valence-corrected chi connectivity index (χ1v) is 10.9. The summed E-state index contributed by atoms with van der Waals surface area (Å²) in [4.78, 5) is 41.4. The van der Waals surface area contributed by atoms with Gasteiger partial charge in [-0.3, -0.25) is 14.5 Å². The summed E-state index contributed by atoms with van der Waals surface area (Å²) in [6, 6.07) is 13.2. The fourth-order valence-corrected chi connectivity index (χ4v) is 4.45. The number of nitrogens with zero attached hydrogens (tertiary/aromatic N) is 5. The van der Waals surface area contributed by atoms with Crippen molar-refractivity contribution in [1.82, 2.24) is 14.9 Å². The molecule has 3 aromatic rings. The van der Waals surface area contributed by atoms with Gasteiger partial charge in [0.2, 0.25) is 5.91 Å². The Hall–Kier alpha value is -3.55. The highest BCUT2D eigenvalue weighted by molar-refractivity contribution is 6.00. The number of piperidine rings is 1. The number of aromatic nitrogens is 2. The molecule has 3 heterocycles. The van der Waals surface area contributed by atoms with Crippen LogP contribution in [0.3, 0.4) is 0 Å². The highest BCUT2D eigenvalue weighted by Gasteiger charge is 2.36. The number of carbonyl (C=O) groups is 2. The zero-order valence-electron chi connectivity index (χ0n) is 17.9. The van der Waals surface area contributed by atoms with Crippen LogP contribution >= 0.6 is 0 Å². The van der Waals surface area contributed by atoms with Gasteiger partial charge in [0.05, 0.1) is 17.0 Å². The molecule has 1 atom stereocenters. The van der Waals surface area contributed by atoms with Crippen molar-refractivity contribution in [3.63, 3.8) is 0 Å². The van der Waals surface area contributed by atoms with Crippen LogP contribution in [0, 0.1) is 11.7 Å². The molecule has 0 radical (unpaired) electrons. The number of rotatable bonds is 2. The molecule has 1 saturated heterocycles. The first kappa shape index (κ1) is 20.4. The van der Waals surface area contributed by atoms with Gasteiger partial charge in [-0.05, 0) is 49.2 Å². The van der Waals surface area contributed by atoms with E-state index in [1.54, 1.807) is 9.80 Å². The minimum Gasteiger partial charge on any atom is -0.355 e. The smallest absolute Gasteiger partial charge is 0.253 e. The van der Waals surface area contributed by atoms with Crippen molar-refractivity contribution >= 4 is 34.5 Å². The third kappa shape index (κ3) is 3.66. The zero-order valence-corrected chi connectivity index (χ0v) is 17.9. The lowest BCUT2D eigenvalue weighted by atomic mass is 9.95. The first-order chi connectivity index (χ1) is 15.5. The average molecular weight is 433 g/mol. The molecule has 0 bridgehead atoms. The Balaban J connectivity index is 1.39. The van der Waals surface area contributed by atoms with Crippen LogP contribution < -0.4 is 9.80 Å². The lowest BCUT2D eigenvalue weighted by Gasteiger charge is -2.38. The Bertz CT molecular complexity index is 1180. The first-order valence-electron chi connectivity index (χ1n) is 10.9. The van der Waals surface area contributed by atoms with Crippen LogP contribution in [-0.2, 0) is 4.79 Å². The normalized spacial score (nSPS) is 18.6. The summed E-state index contributed by atoms with van der Waals surface area (Å²) in [6.07, 6.45) is 1.46. The van der Waals surface area contributed by atoms with E-state index in [1.807, 2.05) is 36.2 Å². The molecule has 1 aromatic heterocycles. The number of para-hydroxylation sites is 2. The summed E-state index contributed by atoms with van der Waals surface area (Å²) >= 11 is 0. The van der Waals surface area contributed by atoms with Crippen LogP contribution in [0.4, 0.5) is 16.0 Å². The summed E-state index contributed by atoms with van der Waals surface area (Å²) in [5.41, 5.74) is 1.97. The number of likely N-dealkylation sites (N-methyl/N-ethyl adjacent to an activating group) is 1. The maximum atomic E-state index is 13.6. The second kappa shape index (κ2) is 8.18. The molecule has 0 aliphatic carbocycles. The predicted molar refractivity (Wildman–Crippen MR) is 120 cm³/mol. The van der Waals surface area contributed by atoms with Crippen LogP contribution in [-0.4, -0.2) is 59.9 Å². The van der Waals surface area contributed by atoms with E-state index in [2.05, 4.69) is 0 Å². The topological polar surface area (TPSA) is 69.6 Å². The molecule has 8 heteroatoms. The molecule has 32 heavy (non-hydrogen) atoms. The van der Waals surface area contributed by atoms with E-state index >= 15 is 0 Å². The van der Waals surface area contributed by atoms with Crippen LogP contribution in [0.1, 0.15) is 23.2 Å². The van der Waals surface area contributed by atoms with E-state index in [4.69, 9.17) is 9.97 Å². The van der Waals surface area contributed by atoms with Gasteiger partial charge < -0.3 is 9.80 Å². The number of benzene rings is 2. The predicted octanol–water partition coefficient (Wildman–Crippen LogP) is 3.10. The molecule has 2 aliphatic rings. The summed E-state index contributed by atoms with van der Waals surface area (Å²) < 4.78 is 13.2. The fraction of sp³-hybridized carbons (Fsp3) is 0.333. The second-order valence-corrected chi connectivity index (χ2v) is 8.37. The van der Waals surface area contributed by atoms with Gasteiger partial charge in [-0.25, -0.2) is 14.4 Å². The summed E-state index contributed by atoms with van der Waals surface area (Å²) in [5, 5.41) is 0. The maximum Gasteiger partial charge on any atom is 0.253 e. The van der Waals surface area contributed by atoms with Gasteiger partial charge in [0, 0.05) is 38.8 Å². The largest absolute Gasteiger partial charge is 0.355 e. The molecule has 2 amide bonds. The van der Waals surface area contributed by atoms with Gasteiger partial charge in [0.1, 0.15) is 5.82 Å². The van der Waals surface area contributed by atoms with Crippen molar-refractivity contribution in [3.05, 3.63) is 59.9 Å². The number of carbonyl (C=O) groups excluding carboxylic acids is 2. The maximum absolute atomic E-state index is 13.6. The Morgan fingerprint density at radius 1 is 0.938 bits per heavy atom. The van der Waals surface area contributed by atoms with Gasteiger partial charge in [0.25, 0.3) is 5.91 Å². The number of amides is 2. The van der Waals surface area contributed by atoms with Gasteiger partial charge in [-0.15, -0.1) is 0 Å². The molecule has 0 saturated carbocycles. The molecular formula is C24H24FN5O2. The van der Waals surface area contributed by atoms with Crippen molar-refractivity contribution in [1.29, 1.82) is 0 Å². The van der Waals surface area contributed by atoms with Crippen LogP contribution in [0.15, 0.2) is 48.5 Å². The minimum absolute atomic E-state index is 0.0273. The zero-order chi connectivity index (χ0) is 22.2. The Labute approximate surface area is 185 Å². The Kier molecular flexibility index (Phi) is 5.20. The number of anilines is 2. The lowest BCUT2D eigenvalue weighted by molar-refractivity contribution is -0.123. The third-order valence-corrected chi connectivity index (χ3v) is 6.23. The molecule has 7 nitrogen and oxygen atoms in total. The fourth-order valence-electron chi connectivity index (χ4n) is 4.45. The lowest BCUT2D eigenvalue weighted by Crippen LogP contribution is -2.50. The quantitative estimate of drug-likeness (QED) is 0.621. The van der Waals surface area contributed by atoms with Gasteiger partial charge >= 0.3 is 0 Å². The standard InChI is InChI=1S/C24H24FN5O2/c1-28-13-14-30(22-21(28)26-19-6-2-3-7-20(19)27-22)24(32)17-5-4-12-29(15-17)23(31)16-8-10-18(25)11-9-16/h2-3,6-11,17H,4-5,12-15H2,1H3/t17-/m0/s1. The summed E-state index contributed by atoms with van der Waals surface area (Å²) in [6.45, 7) is 2.12. The number of hydrogen-bond acceptors (Lipinski definition) is 5. The van der Waals surface area contributed by atoms with Crippen molar-refractivity contribution in [3.8, 4) is 0 Å². The second-order valence-electron chi connectivity index (χ2n) is 8.37. The van der Waals surface area contributed by atoms with Crippen molar-refractivity contribution in [2.45, 2.75) is 12.8 Å². The van der Waals surface area contributed by atoms with E-state index in [-0.39, 0.29) is 23.5 Å². The molecule has 5 rings (SSSR count).